The normalized spacial score (nSPS) is 28.9. The number of amides is 2. The molecule has 1 saturated heterocycles. The van der Waals surface area contributed by atoms with Crippen LogP contribution in [0.5, 0.6) is 0 Å². The van der Waals surface area contributed by atoms with Crippen molar-refractivity contribution >= 4 is 12.0 Å². The smallest absolute Gasteiger partial charge is 0.317 e. The molecule has 1 heterocycles. The maximum Gasteiger partial charge on any atom is 0.317 e. The molecule has 0 spiro atoms. The van der Waals surface area contributed by atoms with E-state index >= 15 is 0 Å². The van der Waals surface area contributed by atoms with Gasteiger partial charge in [0.15, 0.2) is 0 Å². The summed E-state index contributed by atoms with van der Waals surface area (Å²) in [5, 5.41) is 12.5. The molecule has 0 saturated carbocycles. The van der Waals surface area contributed by atoms with Gasteiger partial charge in [0.1, 0.15) is 0 Å². The summed E-state index contributed by atoms with van der Waals surface area (Å²) in [4.78, 5) is 25.5. The molecule has 2 N–H and O–H groups in total. The summed E-state index contributed by atoms with van der Waals surface area (Å²) in [5.74, 6) is -0.252. The van der Waals surface area contributed by atoms with Crippen molar-refractivity contribution < 1.29 is 14.7 Å². The Labute approximate surface area is 126 Å². The number of hydrogen-bond acceptors (Lipinski definition) is 2. The van der Waals surface area contributed by atoms with Crippen molar-refractivity contribution in [3.05, 3.63) is 12.2 Å². The van der Waals surface area contributed by atoms with Gasteiger partial charge in [0.05, 0.1) is 5.41 Å². The molecule has 2 amide bonds. The van der Waals surface area contributed by atoms with Crippen molar-refractivity contribution in [3.63, 3.8) is 0 Å². The summed E-state index contributed by atoms with van der Waals surface area (Å²) >= 11 is 0. The number of carbonyl (C=O) groups is 2. The minimum Gasteiger partial charge on any atom is -0.481 e. The minimum atomic E-state index is -0.787. The zero-order valence-electron chi connectivity index (χ0n) is 13.0. The van der Waals surface area contributed by atoms with E-state index in [2.05, 4.69) is 17.5 Å². The van der Waals surface area contributed by atoms with Gasteiger partial charge < -0.3 is 15.3 Å². The predicted molar refractivity (Wildman–Crippen MR) is 81.0 cm³/mol. The van der Waals surface area contributed by atoms with E-state index in [-0.39, 0.29) is 11.9 Å². The van der Waals surface area contributed by atoms with Crippen LogP contribution >= 0.6 is 0 Å². The molecule has 2 unspecified atom stereocenters. The number of allylic oxidation sites excluding steroid dienone is 2. The van der Waals surface area contributed by atoms with Crippen molar-refractivity contribution in [2.75, 3.05) is 19.6 Å². The number of carboxylic acid groups (broad SMARTS) is 1. The van der Waals surface area contributed by atoms with E-state index in [1.807, 2.05) is 13.8 Å². The summed E-state index contributed by atoms with van der Waals surface area (Å²) < 4.78 is 0. The number of carboxylic acids is 1. The molecule has 1 fully saturated rings. The molecule has 2 aliphatic rings. The second-order valence-electron chi connectivity index (χ2n) is 6.62. The van der Waals surface area contributed by atoms with Gasteiger partial charge in [-0.1, -0.05) is 26.0 Å². The van der Waals surface area contributed by atoms with E-state index in [0.29, 0.717) is 32.0 Å². The molecular formula is C16H26N2O3. The Balaban J connectivity index is 1.86. The second-order valence-corrected chi connectivity index (χ2v) is 6.62. The Morgan fingerprint density at radius 3 is 2.71 bits per heavy atom. The van der Waals surface area contributed by atoms with Crippen LogP contribution < -0.4 is 5.32 Å². The number of nitrogens with one attached hydrogen (secondary N) is 1. The number of nitrogens with zero attached hydrogens (tertiary/aromatic N) is 1. The maximum atomic E-state index is 12.2. The fraction of sp³-hybridized carbons (Fsp3) is 0.750. The first-order valence-corrected chi connectivity index (χ1v) is 7.87. The van der Waals surface area contributed by atoms with Gasteiger partial charge >= 0.3 is 12.0 Å². The maximum absolute atomic E-state index is 12.2. The number of hydrogen-bond donors (Lipinski definition) is 2. The van der Waals surface area contributed by atoms with Gasteiger partial charge in [0.2, 0.25) is 0 Å². The van der Waals surface area contributed by atoms with Gasteiger partial charge in [0.25, 0.3) is 0 Å². The highest BCUT2D eigenvalue weighted by Crippen LogP contribution is 2.38. The highest BCUT2D eigenvalue weighted by molar-refractivity contribution is 5.80. The number of carbonyl (C=O) groups excluding carboxylic acids is 1. The number of likely N-dealkylation sites (tertiary alicyclic amines) is 1. The van der Waals surface area contributed by atoms with Gasteiger partial charge in [-0.05, 0) is 37.5 Å². The Kier molecular flexibility index (Phi) is 4.91. The summed E-state index contributed by atoms with van der Waals surface area (Å²) in [5.41, 5.74) is -0.787. The largest absolute Gasteiger partial charge is 0.481 e. The second kappa shape index (κ2) is 6.50. The van der Waals surface area contributed by atoms with Crippen LogP contribution in [0.1, 0.15) is 39.5 Å². The monoisotopic (exact) mass is 294 g/mol. The Morgan fingerprint density at radius 1 is 1.43 bits per heavy atom. The fourth-order valence-electron chi connectivity index (χ4n) is 3.28. The third-order valence-corrected chi connectivity index (χ3v) is 5.04. The zero-order chi connectivity index (χ0) is 15.5. The van der Waals surface area contributed by atoms with Crippen molar-refractivity contribution in [3.8, 4) is 0 Å². The van der Waals surface area contributed by atoms with Crippen LogP contribution in [0.15, 0.2) is 12.2 Å². The minimum absolute atomic E-state index is 0.0243. The Bertz CT molecular complexity index is 433. The van der Waals surface area contributed by atoms with E-state index < -0.39 is 11.4 Å². The molecule has 0 bridgehead atoms. The van der Waals surface area contributed by atoms with Gasteiger partial charge in [-0.25, -0.2) is 4.79 Å². The van der Waals surface area contributed by atoms with Crippen LogP contribution in [0.3, 0.4) is 0 Å². The Hall–Kier alpha value is -1.52. The van der Waals surface area contributed by atoms with Crippen molar-refractivity contribution in [2.45, 2.75) is 39.5 Å². The summed E-state index contributed by atoms with van der Waals surface area (Å²) in [6, 6.07) is -0.117. The van der Waals surface area contributed by atoms with Crippen LogP contribution in [-0.2, 0) is 4.79 Å². The average molecular weight is 294 g/mol. The van der Waals surface area contributed by atoms with Gasteiger partial charge in [-0.3, -0.25) is 4.79 Å². The summed E-state index contributed by atoms with van der Waals surface area (Å²) in [6.07, 6.45) is 8.11. The van der Waals surface area contributed by atoms with E-state index in [0.717, 1.165) is 19.3 Å². The lowest BCUT2D eigenvalue weighted by molar-refractivity contribution is -0.150. The average Bonchev–Trinajstić information content (AvgIpc) is 2.92. The molecule has 21 heavy (non-hydrogen) atoms. The topological polar surface area (TPSA) is 69.6 Å². The molecule has 5 nitrogen and oxygen atoms in total. The molecule has 0 aromatic rings. The van der Waals surface area contributed by atoms with Crippen molar-refractivity contribution in [1.82, 2.24) is 10.2 Å². The van der Waals surface area contributed by atoms with Gasteiger partial charge in [0, 0.05) is 19.6 Å². The lowest BCUT2D eigenvalue weighted by atomic mass is 9.76. The summed E-state index contributed by atoms with van der Waals surface area (Å²) in [7, 11) is 0. The van der Waals surface area contributed by atoms with Crippen molar-refractivity contribution in [1.29, 1.82) is 0 Å². The molecule has 0 aromatic heterocycles. The van der Waals surface area contributed by atoms with Crippen LogP contribution in [0, 0.1) is 17.3 Å². The lowest BCUT2D eigenvalue weighted by Gasteiger charge is -2.29. The van der Waals surface area contributed by atoms with Gasteiger partial charge in [-0.15, -0.1) is 0 Å². The summed E-state index contributed by atoms with van der Waals surface area (Å²) in [6.45, 7) is 5.37. The van der Waals surface area contributed by atoms with E-state index in [9.17, 15) is 14.7 Å². The third-order valence-electron chi connectivity index (χ3n) is 5.04. The van der Waals surface area contributed by atoms with E-state index in [1.165, 1.54) is 0 Å². The fourth-order valence-corrected chi connectivity index (χ4v) is 3.28. The zero-order valence-corrected chi connectivity index (χ0v) is 13.0. The highest BCUT2D eigenvalue weighted by Gasteiger charge is 2.48. The van der Waals surface area contributed by atoms with E-state index in [1.54, 1.807) is 4.90 Å². The van der Waals surface area contributed by atoms with E-state index in [4.69, 9.17) is 0 Å². The third kappa shape index (κ3) is 3.39. The predicted octanol–water partition coefficient (Wildman–Crippen LogP) is 2.49. The molecule has 0 aromatic carbocycles. The quantitative estimate of drug-likeness (QED) is 0.783. The van der Waals surface area contributed by atoms with Crippen LogP contribution in [-0.4, -0.2) is 41.6 Å². The molecule has 1 aliphatic carbocycles. The molecule has 2 rings (SSSR count). The van der Waals surface area contributed by atoms with Crippen LogP contribution in [0.4, 0.5) is 4.79 Å². The lowest BCUT2D eigenvalue weighted by Crippen LogP contribution is -2.44. The molecular weight excluding hydrogens is 268 g/mol. The number of urea groups is 1. The molecule has 118 valence electrons. The molecule has 1 aliphatic heterocycles. The molecule has 2 atom stereocenters. The SMILES string of the molecule is CC(C)C1(C(=O)O)CCN(C(=O)NCC2CC=CCC2)C1. The standard InChI is InChI=1S/C16H26N2O3/c1-12(2)16(14(19)20)8-9-18(11-16)15(21)17-10-13-6-4-3-5-7-13/h3-4,12-13H,5-11H2,1-2H3,(H,17,21)(H,19,20). The van der Waals surface area contributed by atoms with Crippen LogP contribution in [0.25, 0.3) is 0 Å². The number of aliphatic carboxylic acids is 1. The highest BCUT2D eigenvalue weighted by atomic mass is 16.4. The number of rotatable bonds is 4. The first kappa shape index (κ1) is 15.9. The van der Waals surface area contributed by atoms with Crippen LogP contribution in [0.2, 0.25) is 0 Å². The Morgan fingerprint density at radius 2 is 2.19 bits per heavy atom. The molecule has 5 heteroatoms. The first-order chi connectivity index (χ1) is 9.95. The first-order valence-electron chi connectivity index (χ1n) is 7.87. The molecule has 0 radical (unpaired) electrons. The van der Waals surface area contributed by atoms with Gasteiger partial charge in [-0.2, -0.15) is 0 Å². The van der Waals surface area contributed by atoms with Crippen molar-refractivity contribution in [2.24, 2.45) is 17.3 Å².